The van der Waals surface area contributed by atoms with Crippen LogP contribution < -0.4 is 20.1 Å². The molecule has 130 valence electrons. The summed E-state index contributed by atoms with van der Waals surface area (Å²) in [5.74, 6) is 1.24. The molecule has 0 aliphatic carbocycles. The molecule has 0 bridgehead atoms. The Bertz CT molecular complexity index is 740. The minimum Gasteiger partial charge on any atom is -0.497 e. The summed E-state index contributed by atoms with van der Waals surface area (Å²) >= 11 is 5.14. The topological polar surface area (TPSA) is 59.6 Å². The molecule has 2 rings (SSSR count). The lowest BCUT2D eigenvalue weighted by Crippen LogP contribution is -2.32. The van der Waals surface area contributed by atoms with E-state index in [1.54, 1.807) is 13.2 Å². The van der Waals surface area contributed by atoms with Crippen molar-refractivity contribution in [2.75, 3.05) is 19.0 Å². The first-order chi connectivity index (χ1) is 12.1. The molecule has 0 unspecified atom stereocenters. The molecule has 0 fully saturated rings. The molecular weight excluding hydrogens is 336 g/mol. The summed E-state index contributed by atoms with van der Waals surface area (Å²) in [5.41, 5.74) is 1.66. The normalized spacial score (nSPS) is 10.3. The van der Waals surface area contributed by atoms with Crippen molar-refractivity contribution in [2.24, 2.45) is 0 Å². The second-order valence-corrected chi connectivity index (χ2v) is 5.42. The van der Waals surface area contributed by atoms with Crippen LogP contribution in [0.4, 0.5) is 5.69 Å². The van der Waals surface area contributed by atoms with Gasteiger partial charge in [-0.2, -0.15) is 0 Å². The number of ether oxygens (including phenoxy) is 2. The maximum atomic E-state index is 11.9. The lowest BCUT2D eigenvalue weighted by atomic mass is 10.2. The van der Waals surface area contributed by atoms with Crippen LogP contribution in [0.3, 0.4) is 0 Å². The number of benzene rings is 2. The van der Waals surface area contributed by atoms with Crippen molar-refractivity contribution in [2.45, 2.75) is 6.92 Å². The van der Waals surface area contributed by atoms with E-state index in [9.17, 15) is 4.79 Å². The molecule has 1 amide bonds. The molecule has 0 atom stereocenters. The Kier molecular flexibility index (Phi) is 6.98. The Morgan fingerprint density at radius 3 is 2.32 bits per heavy atom. The Morgan fingerprint density at radius 2 is 1.72 bits per heavy atom. The average molecular weight is 356 g/mol. The molecule has 5 nitrogen and oxygen atoms in total. The fraction of sp³-hybridized carbons (Fsp3) is 0.158. The maximum Gasteiger partial charge on any atom is 0.250 e. The standard InChI is InChI=1S/C19H20N2O3S/c1-3-24-17-11-7-15(8-12-17)20-19(25)21-18(22)13-6-14-4-9-16(23-2)10-5-14/h4-13H,3H2,1-2H3,(H2,20,21,22,25). The number of methoxy groups -OCH3 is 1. The van der Waals surface area contributed by atoms with Crippen molar-refractivity contribution >= 4 is 35.0 Å². The van der Waals surface area contributed by atoms with Gasteiger partial charge in [-0.3, -0.25) is 10.1 Å². The van der Waals surface area contributed by atoms with Gasteiger partial charge in [0.2, 0.25) is 5.91 Å². The van der Waals surface area contributed by atoms with Crippen LogP contribution >= 0.6 is 12.2 Å². The first-order valence-corrected chi connectivity index (χ1v) is 8.18. The first kappa shape index (κ1) is 18.5. The van der Waals surface area contributed by atoms with Crippen LogP contribution in [0.5, 0.6) is 11.5 Å². The van der Waals surface area contributed by atoms with Crippen molar-refractivity contribution in [1.29, 1.82) is 0 Å². The molecule has 0 saturated heterocycles. The van der Waals surface area contributed by atoms with E-state index in [2.05, 4.69) is 10.6 Å². The second-order valence-electron chi connectivity index (χ2n) is 5.01. The third-order valence-corrected chi connectivity index (χ3v) is 3.41. The van der Waals surface area contributed by atoms with Crippen molar-refractivity contribution in [3.63, 3.8) is 0 Å². The molecule has 0 heterocycles. The predicted octanol–water partition coefficient (Wildman–Crippen LogP) is 3.62. The number of carbonyl (C=O) groups excluding carboxylic acids is 1. The van der Waals surface area contributed by atoms with Gasteiger partial charge in [-0.15, -0.1) is 0 Å². The Morgan fingerprint density at radius 1 is 1.08 bits per heavy atom. The summed E-state index contributed by atoms with van der Waals surface area (Å²) in [7, 11) is 1.61. The lowest BCUT2D eigenvalue weighted by molar-refractivity contribution is -0.115. The zero-order valence-electron chi connectivity index (χ0n) is 14.1. The zero-order chi connectivity index (χ0) is 18.1. The molecule has 25 heavy (non-hydrogen) atoms. The van der Waals surface area contributed by atoms with Crippen LogP contribution in [-0.2, 0) is 4.79 Å². The first-order valence-electron chi connectivity index (χ1n) is 7.77. The van der Waals surface area contributed by atoms with E-state index in [0.717, 1.165) is 22.7 Å². The van der Waals surface area contributed by atoms with Crippen molar-refractivity contribution in [3.05, 3.63) is 60.2 Å². The minimum atomic E-state index is -0.306. The van der Waals surface area contributed by atoms with E-state index in [4.69, 9.17) is 21.7 Å². The number of hydrogen-bond donors (Lipinski definition) is 2. The highest BCUT2D eigenvalue weighted by Gasteiger charge is 2.02. The zero-order valence-corrected chi connectivity index (χ0v) is 14.9. The molecule has 0 aromatic heterocycles. The van der Waals surface area contributed by atoms with Gasteiger partial charge >= 0.3 is 0 Å². The highest BCUT2D eigenvalue weighted by atomic mass is 32.1. The van der Waals surface area contributed by atoms with Gasteiger partial charge in [-0.05, 0) is 67.2 Å². The smallest absolute Gasteiger partial charge is 0.250 e. The van der Waals surface area contributed by atoms with Gasteiger partial charge in [-0.25, -0.2) is 0 Å². The molecule has 0 aliphatic rings. The summed E-state index contributed by atoms with van der Waals surface area (Å²) in [6, 6.07) is 14.7. The molecule has 0 aliphatic heterocycles. The van der Waals surface area contributed by atoms with Crippen LogP contribution in [0.2, 0.25) is 0 Å². The van der Waals surface area contributed by atoms with Crippen molar-refractivity contribution < 1.29 is 14.3 Å². The lowest BCUT2D eigenvalue weighted by Gasteiger charge is -2.09. The van der Waals surface area contributed by atoms with E-state index in [1.165, 1.54) is 6.08 Å². The van der Waals surface area contributed by atoms with E-state index in [1.807, 2.05) is 55.5 Å². The fourth-order valence-corrected chi connectivity index (χ4v) is 2.22. The monoisotopic (exact) mass is 356 g/mol. The Balaban J connectivity index is 1.84. The fourth-order valence-electron chi connectivity index (χ4n) is 2.00. The number of thiocarbonyl (C=S) groups is 1. The van der Waals surface area contributed by atoms with Crippen molar-refractivity contribution in [1.82, 2.24) is 5.32 Å². The molecule has 0 spiro atoms. The number of anilines is 1. The van der Waals surface area contributed by atoms with Crippen LogP contribution in [-0.4, -0.2) is 24.7 Å². The molecule has 2 aromatic carbocycles. The third kappa shape index (κ3) is 6.27. The number of carbonyl (C=O) groups is 1. The Hall–Kier alpha value is -2.86. The summed E-state index contributed by atoms with van der Waals surface area (Å²) in [6.45, 7) is 2.54. The number of hydrogen-bond acceptors (Lipinski definition) is 4. The van der Waals surface area contributed by atoms with Gasteiger partial charge in [0.05, 0.1) is 13.7 Å². The van der Waals surface area contributed by atoms with Gasteiger partial charge in [-0.1, -0.05) is 12.1 Å². The quantitative estimate of drug-likeness (QED) is 0.611. The summed E-state index contributed by atoms with van der Waals surface area (Å²) in [4.78, 5) is 11.9. The van der Waals surface area contributed by atoms with Gasteiger partial charge in [0.25, 0.3) is 0 Å². The number of rotatable bonds is 6. The number of nitrogens with one attached hydrogen (secondary N) is 2. The summed E-state index contributed by atoms with van der Waals surface area (Å²) in [5, 5.41) is 5.78. The van der Waals surface area contributed by atoms with Gasteiger partial charge in [0.1, 0.15) is 11.5 Å². The molecule has 6 heteroatoms. The molecule has 0 radical (unpaired) electrons. The highest BCUT2D eigenvalue weighted by Crippen LogP contribution is 2.15. The summed E-state index contributed by atoms with van der Waals surface area (Å²) < 4.78 is 10.5. The minimum absolute atomic E-state index is 0.230. The van der Waals surface area contributed by atoms with Crippen molar-refractivity contribution in [3.8, 4) is 11.5 Å². The van der Waals surface area contributed by atoms with Crippen LogP contribution in [0.15, 0.2) is 54.6 Å². The predicted molar refractivity (Wildman–Crippen MR) is 104 cm³/mol. The molecular formula is C19H20N2O3S. The van der Waals surface area contributed by atoms with Crippen LogP contribution in [0.1, 0.15) is 12.5 Å². The highest BCUT2D eigenvalue weighted by molar-refractivity contribution is 7.80. The van der Waals surface area contributed by atoms with E-state index in [0.29, 0.717) is 6.61 Å². The van der Waals surface area contributed by atoms with Gasteiger partial charge in [0, 0.05) is 11.8 Å². The SMILES string of the molecule is CCOc1ccc(NC(=S)NC(=O)C=Cc2ccc(OC)cc2)cc1. The van der Waals surface area contributed by atoms with E-state index in [-0.39, 0.29) is 11.0 Å². The van der Waals surface area contributed by atoms with E-state index < -0.39 is 0 Å². The van der Waals surface area contributed by atoms with E-state index >= 15 is 0 Å². The van der Waals surface area contributed by atoms with Gasteiger partial charge < -0.3 is 14.8 Å². The third-order valence-electron chi connectivity index (χ3n) is 3.20. The average Bonchev–Trinajstić information content (AvgIpc) is 2.62. The summed E-state index contributed by atoms with van der Waals surface area (Å²) in [6.07, 6.45) is 3.13. The molecule has 2 aromatic rings. The second kappa shape index (κ2) is 9.44. The van der Waals surface area contributed by atoms with Crippen LogP contribution in [0, 0.1) is 0 Å². The Labute approximate surface area is 152 Å². The molecule has 2 N–H and O–H groups in total. The van der Waals surface area contributed by atoms with Crippen LogP contribution in [0.25, 0.3) is 6.08 Å². The van der Waals surface area contributed by atoms with Gasteiger partial charge in [0.15, 0.2) is 5.11 Å². The maximum absolute atomic E-state index is 11.9. The largest absolute Gasteiger partial charge is 0.497 e. The molecule has 0 saturated carbocycles. The number of amides is 1.